The number of carbonyl (C=O) groups excluding carboxylic acids is 3. The molecule has 2 atom stereocenters. The van der Waals surface area contributed by atoms with Crippen LogP contribution in [0.3, 0.4) is 0 Å². The molecule has 8 heteroatoms. The molecule has 2 unspecified atom stereocenters. The van der Waals surface area contributed by atoms with Crippen LogP contribution < -0.4 is 5.32 Å². The lowest BCUT2D eigenvalue weighted by Gasteiger charge is -2.18. The van der Waals surface area contributed by atoms with Crippen molar-refractivity contribution in [3.8, 4) is 0 Å². The van der Waals surface area contributed by atoms with Crippen molar-refractivity contribution in [2.75, 3.05) is 11.9 Å². The largest absolute Gasteiger partial charge is 0.462 e. The van der Waals surface area contributed by atoms with Crippen molar-refractivity contribution in [3.63, 3.8) is 0 Å². The lowest BCUT2D eigenvalue weighted by molar-refractivity contribution is -0.152. The van der Waals surface area contributed by atoms with E-state index < -0.39 is 29.8 Å². The van der Waals surface area contributed by atoms with Crippen LogP contribution in [0.15, 0.2) is 24.3 Å². The fraction of sp³-hybridized carbons (Fsp3) is 0.435. The Balaban J connectivity index is 1.69. The highest BCUT2D eigenvalue weighted by atomic mass is 32.1. The molecule has 1 aliphatic carbocycles. The molecule has 1 heterocycles. The van der Waals surface area contributed by atoms with Crippen LogP contribution in [0.4, 0.5) is 9.39 Å². The average molecular weight is 448 g/mol. The van der Waals surface area contributed by atoms with Crippen LogP contribution >= 0.6 is 11.3 Å². The predicted octanol–water partition coefficient (Wildman–Crippen LogP) is 4.30. The SMILES string of the molecule is CCOC(=O)c1c(NC(=O)C(C)OC(=O)Cc2ccc(F)cc2)sc2c1CCC(C)C2. The molecule has 2 aromatic rings. The van der Waals surface area contributed by atoms with Gasteiger partial charge in [-0.15, -0.1) is 11.3 Å². The Hall–Kier alpha value is -2.74. The van der Waals surface area contributed by atoms with Crippen LogP contribution in [0.25, 0.3) is 0 Å². The van der Waals surface area contributed by atoms with Crippen molar-refractivity contribution in [1.82, 2.24) is 0 Å². The zero-order valence-electron chi connectivity index (χ0n) is 17.8. The summed E-state index contributed by atoms with van der Waals surface area (Å²) in [5.41, 5.74) is 1.94. The number of carbonyl (C=O) groups is 3. The third kappa shape index (κ3) is 5.70. The minimum atomic E-state index is -1.05. The molecule has 0 radical (unpaired) electrons. The summed E-state index contributed by atoms with van der Waals surface area (Å²) in [7, 11) is 0. The summed E-state index contributed by atoms with van der Waals surface area (Å²) >= 11 is 1.38. The maximum atomic E-state index is 13.0. The van der Waals surface area contributed by atoms with Gasteiger partial charge in [0.15, 0.2) is 6.10 Å². The van der Waals surface area contributed by atoms with Crippen molar-refractivity contribution in [1.29, 1.82) is 0 Å². The van der Waals surface area contributed by atoms with E-state index in [9.17, 15) is 18.8 Å². The number of amides is 1. The van der Waals surface area contributed by atoms with E-state index in [0.29, 0.717) is 22.0 Å². The normalized spacial score (nSPS) is 16.2. The zero-order chi connectivity index (χ0) is 22.5. The number of ether oxygens (including phenoxy) is 2. The second kappa shape index (κ2) is 10.0. The molecular formula is C23H26FNO5S. The number of halogens is 1. The molecule has 6 nitrogen and oxygen atoms in total. The highest BCUT2D eigenvalue weighted by Gasteiger charge is 2.30. The number of hydrogen-bond donors (Lipinski definition) is 1. The van der Waals surface area contributed by atoms with E-state index in [0.717, 1.165) is 29.7 Å². The lowest BCUT2D eigenvalue weighted by Crippen LogP contribution is -2.30. The first kappa shape index (κ1) is 22.9. The van der Waals surface area contributed by atoms with Crippen LogP contribution in [0.5, 0.6) is 0 Å². The third-order valence-electron chi connectivity index (χ3n) is 5.17. The lowest BCUT2D eigenvalue weighted by atomic mass is 9.88. The molecule has 1 aliphatic rings. The van der Waals surface area contributed by atoms with E-state index in [-0.39, 0.29) is 13.0 Å². The molecule has 0 aliphatic heterocycles. The van der Waals surface area contributed by atoms with E-state index in [2.05, 4.69) is 12.2 Å². The van der Waals surface area contributed by atoms with Crippen LogP contribution in [-0.4, -0.2) is 30.6 Å². The molecule has 1 aromatic heterocycles. The average Bonchev–Trinajstić information content (AvgIpc) is 3.06. The number of thiophene rings is 1. The van der Waals surface area contributed by atoms with E-state index in [4.69, 9.17) is 9.47 Å². The molecule has 0 fully saturated rings. The monoisotopic (exact) mass is 447 g/mol. The number of nitrogens with one attached hydrogen (secondary N) is 1. The second-order valence-corrected chi connectivity index (χ2v) is 8.81. The van der Waals surface area contributed by atoms with Crippen LogP contribution in [-0.2, 0) is 38.3 Å². The number of benzene rings is 1. The van der Waals surface area contributed by atoms with Gasteiger partial charge >= 0.3 is 11.9 Å². The number of hydrogen-bond acceptors (Lipinski definition) is 6. The summed E-state index contributed by atoms with van der Waals surface area (Å²) < 4.78 is 23.4. The van der Waals surface area contributed by atoms with E-state index >= 15 is 0 Å². The van der Waals surface area contributed by atoms with Gasteiger partial charge in [0, 0.05) is 4.88 Å². The Bertz CT molecular complexity index is 969. The van der Waals surface area contributed by atoms with Crippen molar-refractivity contribution in [2.24, 2.45) is 5.92 Å². The van der Waals surface area contributed by atoms with Gasteiger partial charge in [-0.05, 0) is 62.3 Å². The number of rotatable bonds is 7. The molecule has 0 saturated heterocycles. The molecule has 0 bridgehead atoms. The number of anilines is 1. The van der Waals surface area contributed by atoms with Crippen molar-refractivity contribution >= 4 is 34.2 Å². The van der Waals surface area contributed by atoms with Gasteiger partial charge in [-0.3, -0.25) is 9.59 Å². The molecule has 166 valence electrons. The molecule has 3 rings (SSSR count). The molecule has 1 amide bonds. The first-order chi connectivity index (χ1) is 14.8. The van der Waals surface area contributed by atoms with Gasteiger partial charge in [0.2, 0.25) is 0 Å². The summed E-state index contributed by atoms with van der Waals surface area (Å²) in [6.07, 6.45) is 1.46. The van der Waals surface area contributed by atoms with Crippen LogP contribution in [0.2, 0.25) is 0 Å². The molecule has 1 aromatic carbocycles. The molecule has 0 saturated carbocycles. The highest BCUT2D eigenvalue weighted by molar-refractivity contribution is 7.17. The van der Waals surface area contributed by atoms with Gasteiger partial charge in [-0.1, -0.05) is 19.1 Å². The summed E-state index contributed by atoms with van der Waals surface area (Å²) in [4.78, 5) is 38.5. The minimum absolute atomic E-state index is 0.0723. The predicted molar refractivity (Wildman–Crippen MR) is 116 cm³/mol. The Morgan fingerprint density at radius 2 is 1.97 bits per heavy atom. The summed E-state index contributed by atoms with van der Waals surface area (Å²) in [6.45, 7) is 5.61. The van der Waals surface area contributed by atoms with Crippen LogP contribution in [0.1, 0.15) is 53.6 Å². The fourth-order valence-electron chi connectivity index (χ4n) is 3.53. The van der Waals surface area contributed by atoms with Gasteiger partial charge in [0.25, 0.3) is 5.91 Å². The summed E-state index contributed by atoms with van der Waals surface area (Å²) in [6, 6.07) is 5.50. The van der Waals surface area contributed by atoms with Gasteiger partial charge in [-0.2, -0.15) is 0 Å². The smallest absolute Gasteiger partial charge is 0.341 e. The fourth-order valence-corrected chi connectivity index (χ4v) is 4.93. The molecular weight excluding hydrogens is 421 g/mol. The first-order valence-electron chi connectivity index (χ1n) is 10.3. The minimum Gasteiger partial charge on any atom is -0.462 e. The Labute approximate surface area is 184 Å². The van der Waals surface area contributed by atoms with Gasteiger partial charge in [0.05, 0.1) is 18.6 Å². The Morgan fingerprint density at radius 3 is 2.65 bits per heavy atom. The summed E-state index contributed by atoms with van der Waals surface area (Å²) in [5, 5.41) is 3.18. The third-order valence-corrected chi connectivity index (χ3v) is 6.34. The van der Waals surface area contributed by atoms with Crippen molar-refractivity contribution < 1.29 is 28.2 Å². The van der Waals surface area contributed by atoms with Gasteiger partial charge in [0.1, 0.15) is 10.8 Å². The maximum absolute atomic E-state index is 13.0. The molecule has 31 heavy (non-hydrogen) atoms. The van der Waals surface area contributed by atoms with Crippen molar-refractivity contribution in [2.45, 2.75) is 52.6 Å². The Kier molecular flexibility index (Phi) is 7.43. The van der Waals surface area contributed by atoms with Crippen molar-refractivity contribution in [3.05, 3.63) is 51.7 Å². The van der Waals surface area contributed by atoms with E-state index in [1.807, 2.05) is 0 Å². The van der Waals surface area contributed by atoms with E-state index in [1.165, 1.54) is 42.5 Å². The van der Waals surface area contributed by atoms with Crippen LogP contribution in [0, 0.1) is 11.7 Å². The number of esters is 2. The van der Waals surface area contributed by atoms with Gasteiger partial charge < -0.3 is 14.8 Å². The Morgan fingerprint density at radius 1 is 1.26 bits per heavy atom. The van der Waals surface area contributed by atoms with E-state index in [1.54, 1.807) is 6.92 Å². The molecule has 1 N–H and O–H groups in total. The highest BCUT2D eigenvalue weighted by Crippen LogP contribution is 2.40. The standard InChI is InChI=1S/C23H26FNO5S/c1-4-29-23(28)20-17-10-5-13(2)11-18(17)31-22(20)25-21(27)14(3)30-19(26)12-15-6-8-16(24)9-7-15/h6-9,13-14H,4-5,10-12H2,1-3H3,(H,25,27). The maximum Gasteiger partial charge on any atom is 0.341 e. The molecule has 0 spiro atoms. The topological polar surface area (TPSA) is 81.7 Å². The summed E-state index contributed by atoms with van der Waals surface area (Å²) in [5.74, 6) is -1.46. The number of fused-ring (bicyclic) bond motifs is 1. The van der Waals surface area contributed by atoms with Gasteiger partial charge in [-0.25, -0.2) is 9.18 Å². The first-order valence-corrected chi connectivity index (χ1v) is 11.2. The zero-order valence-corrected chi connectivity index (χ0v) is 18.6. The quantitative estimate of drug-likeness (QED) is 0.640. The second-order valence-electron chi connectivity index (χ2n) is 7.70.